The number of halogens is 1. The van der Waals surface area contributed by atoms with Crippen LogP contribution < -0.4 is 5.73 Å². The van der Waals surface area contributed by atoms with Crippen LogP contribution in [0.1, 0.15) is 62.5 Å². The number of hydrogen-bond acceptors (Lipinski definition) is 8. The van der Waals surface area contributed by atoms with Gasteiger partial charge >= 0.3 is 0 Å². The molecule has 0 radical (unpaired) electrons. The minimum Gasteiger partial charge on any atom is -0.399 e. The third kappa shape index (κ3) is 4.45. The molecule has 2 aromatic rings. The number of hydrogen-bond donors (Lipinski definition) is 3. The lowest BCUT2D eigenvalue weighted by atomic mass is 9.46. The van der Waals surface area contributed by atoms with Gasteiger partial charge in [-0.15, -0.1) is 11.8 Å². The fourth-order valence-electron chi connectivity index (χ4n) is 9.73. The molecule has 45 heavy (non-hydrogen) atoms. The Morgan fingerprint density at radius 3 is 2.78 bits per heavy atom. The lowest BCUT2D eigenvalue weighted by Gasteiger charge is -2.59. The largest absolute Gasteiger partial charge is 0.399 e. The molecule has 0 amide bonds. The van der Waals surface area contributed by atoms with E-state index in [-0.39, 0.29) is 35.5 Å². The number of aliphatic hydroxyl groups is 2. The summed E-state index contributed by atoms with van der Waals surface area (Å²) in [5, 5.41) is 22.2. The summed E-state index contributed by atoms with van der Waals surface area (Å²) in [6.07, 6.45) is 4.89. The second-order valence-electron chi connectivity index (χ2n) is 14.0. The molecular weight excluding hydrogens is 593 g/mol. The van der Waals surface area contributed by atoms with E-state index in [4.69, 9.17) is 15.2 Å². The first-order valence-corrected chi connectivity index (χ1v) is 16.8. The van der Waals surface area contributed by atoms with E-state index in [0.29, 0.717) is 28.3 Å². The summed E-state index contributed by atoms with van der Waals surface area (Å²) >= 11 is 1.35. The predicted octanol–water partition coefficient (Wildman–Crippen LogP) is 5.61. The monoisotopic (exact) mass is 633 g/mol. The van der Waals surface area contributed by atoms with E-state index < -0.39 is 53.1 Å². The lowest BCUT2D eigenvalue weighted by molar-refractivity contribution is -0.201. The highest BCUT2D eigenvalue weighted by molar-refractivity contribution is 7.98. The number of ether oxygens (including phenoxy) is 2. The van der Waals surface area contributed by atoms with Crippen LogP contribution in [0, 0.1) is 41.3 Å². The number of allylic oxidation sites excluding steroid dienone is 4. The van der Waals surface area contributed by atoms with E-state index in [1.54, 1.807) is 25.1 Å². The number of anilines is 1. The third-order valence-corrected chi connectivity index (χ3v) is 12.8. The SMILES string of the molecule is Cc1ccc(SCc2cccc(N)c2)c(F)c1[C@H]1O[C@@H]2C[C@H]3[C@@H]4CCC5=CC(=O)C=C[C@]5(C)[C@H]4[C@@H](O)C[C@]3(C)[C@]2(C(=O)CO)O1. The van der Waals surface area contributed by atoms with Gasteiger partial charge in [0.15, 0.2) is 23.5 Å². The van der Waals surface area contributed by atoms with Crippen LogP contribution in [0.3, 0.4) is 0 Å². The van der Waals surface area contributed by atoms with Crippen molar-refractivity contribution in [2.24, 2.45) is 28.6 Å². The first kappa shape index (κ1) is 30.8. The Bertz CT molecular complexity index is 1640. The zero-order chi connectivity index (χ0) is 31.9. The molecular formula is C36H40FNO6S. The Morgan fingerprint density at radius 2 is 2.02 bits per heavy atom. The van der Waals surface area contributed by atoms with Crippen molar-refractivity contribution in [2.45, 2.75) is 81.2 Å². The van der Waals surface area contributed by atoms with Gasteiger partial charge in [-0.05, 0) is 85.9 Å². The van der Waals surface area contributed by atoms with Gasteiger partial charge in [-0.2, -0.15) is 0 Å². The van der Waals surface area contributed by atoms with E-state index in [2.05, 4.69) is 6.92 Å². The molecule has 4 fully saturated rings. The topological polar surface area (TPSA) is 119 Å². The van der Waals surface area contributed by atoms with Crippen molar-refractivity contribution in [3.63, 3.8) is 0 Å². The fraction of sp³-hybridized carbons (Fsp3) is 0.500. The van der Waals surface area contributed by atoms with Crippen LogP contribution in [0.15, 0.2) is 65.1 Å². The average molecular weight is 634 g/mol. The number of carbonyl (C=O) groups excluding carboxylic acids is 2. The molecule has 2 aromatic carbocycles. The number of aliphatic hydroxyl groups excluding tert-OH is 2. The van der Waals surface area contributed by atoms with Crippen molar-refractivity contribution in [1.82, 2.24) is 0 Å². The molecule has 4 aliphatic carbocycles. The van der Waals surface area contributed by atoms with E-state index in [0.717, 1.165) is 24.0 Å². The number of Topliss-reactive ketones (excluding diaryl/α,β-unsaturated/α-hetero) is 1. The van der Waals surface area contributed by atoms with E-state index >= 15 is 4.39 Å². The molecule has 1 heterocycles. The summed E-state index contributed by atoms with van der Waals surface area (Å²) in [6, 6.07) is 11.1. The van der Waals surface area contributed by atoms with Crippen molar-refractivity contribution >= 4 is 29.0 Å². The molecule has 4 N–H and O–H groups in total. The van der Waals surface area contributed by atoms with E-state index in [1.807, 2.05) is 43.3 Å². The number of ketones is 2. The van der Waals surface area contributed by atoms with Crippen LogP contribution in [-0.2, 0) is 24.8 Å². The molecule has 238 valence electrons. The normalized spacial score (nSPS) is 38.3. The standard InChI is InChI=1S/C36H40FNO6S/c1-19-7-10-27(45-18-20-5-4-6-22(38)13-20)32(37)30(19)33-43-29-15-25-24-9-8-21-14-23(40)11-12-34(21,2)31(24)26(41)16-35(25,3)36(29,44-33)28(42)17-39/h4-7,10-14,24-26,29,31,33,39,41H,8-9,15-18,38H2,1-3H3/t24-,25-,26-,29+,31+,33-,34-,35-,36+/m0/s1. The highest BCUT2D eigenvalue weighted by Gasteiger charge is 2.76. The van der Waals surface area contributed by atoms with Crippen LogP contribution in [0.25, 0.3) is 0 Å². The van der Waals surface area contributed by atoms with Crippen molar-refractivity contribution in [3.05, 3.63) is 82.7 Å². The number of nitrogens with two attached hydrogens (primary N) is 1. The zero-order valence-electron chi connectivity index (χ0n) is 25.8. The molecule has 0 bridgehead atoms. The minimum absolute atomic E-state index is 0.0263. The number of fused-ring (bicyclic) bond motifs is 7. The number of thioether (sulfide) groups is 1. The zero-order valence-corrected chi connectivity index (χ0v) is 26.6. The Morgan fingerprint density at radius 1 is 1.22 bits per heavy atom. The maximum atomic E-state index is 16.3. The second kappa shape index (κ2) is 10.9. The summed E-state index contributed by atoms with van der Waals surface area (Å²) in [5.41, 5.74) is 6.62. The van der Waals surface area contributed by atoms with Crippen molar-refractivity contribution < 1.29 is 33.7 Å². The summed E-state index contributed by atoms with van der Waals surface area (Å²) < 4.78 is 29.5. The van der Waals surface area contributed by atoms with Crippen LogP contribution >= 0.6 is 11.8 Å². The fourth-order valence-corrected chi connectivity index (χ4v) is 10.6. The second-order valence-corrected chi connectivity index (χ2v) is 15.0. The summed E-state index contributed by atoms with van der Waals surface area (Å²) in [5.74, 6) is -0.589. The smallest absolute Gasteiger partial charge is 0.193 e. The molecule has 9 atom stereocenters. The maximum Gasteiger partial charge on any atom is 0.193 e. The molecule has 5 aliphatic rings. The van der Waals surface area contributed by atoms with Gasteiger partial charge in [-0.1, -0.05) is 43.7 Å². The highest BCUT2D eigenvalue weighted by atomic mass is 32.2. The molecule has 9 heteroatoms. The van der Waals surface area contributed by atoms with Gasteiger partial charge in [0.05, 0.1) is 12.2 Å². The molecule has 1 saturated heterocycles. The van der Waals surface area contributed by atoms with Crippen molar-refractivity contribution in [2.75, 3.05) is 12.3 Å². The summed E-state index contributed by atoms with van der Waals surface area (Å²) in [7, 11) is 0. The molecule has 7 nitrogen and oxygen atoms in total. The van der Waals surface area contributed by atoms with Gasteiger partial charge < -0.3 is 25.4 Å². The molecule has 7 rings (SSSR count). The van der Waals surface area contributed by atoms with Gasteiger partial charge in [0.2, 0.25) is 0 Å². The van der Waals surface area contributed by atoms with Crippen LogP contribution in [0.2, 0.25) is 0 Å². The molecule has 3 saturated carbocycles. The predicted molar refractivity (Wildman–Crippen MR) is 168 cm³/mol. The van der Waals surface area contributed by atoms with Gasteiger partial charge in [0, 0.05) is 38.6 Å². The number of nitrogen functional groups attached to an aromatic ring is 1. The van der Waals surface area contributed by atoms with Gasteiger partial charge in [-0.25, -0.2) is 4.39 Å². The third-order valence-electron chi connectivity index (χ3n) is 11.7. The molecule has 0 aromatic heterocycles. The van der Waals surface area contributed by atoms with Gasteiger partial charge in [-0.3, -0.25) is 9.59 Å². The first-order chi connectivity index (χ1) is 21.4. The Labute approximate surface area is 267 Å². The first-order valence-electron chi connectivity index (χ1n) is 15.8. The lowest BCUT2D eigenvalue weighted by Crippen LogP contribution is -2.63. The average Bonchev–Trinajstić information content (AvgIpc) is 3.49. The Kier molecular flexibility index (Phi) is 7.45. The number of rotatable bonds is 6. The van der Waals surface area contributed by atoms with E-state index in [9.17, 15) is 19.8 Å². The summed E-state index contributed by atoms with van der Waals surface area (Å²) in [6.45, 7) is 5.13. The van der Waals surface area contributed by atoms with Crippen LogP contribution in [0.4, 0.5) is 10.1 Å². The number of aryl methyl sites for hydroxylation is 1. The Hall–Kier alpha value is -2.82. The Balaban J connectivity index is 1.21. The van der Waals surface area contributed by atoms with Gasteiger partial charge in [0.1, 0.15) is 12.4 Å². The van der Waals surface area contributed by atoms with E-state index in [1.165, 1.54) is 11.8 Å². The van der Waals surface area contributed by atoms with Crippen molar-refractivity contribution in [1.29, 1.82) is 0 Å². The minimum atomic E-state index is -1.54. The number of benzene rings is 2. The molecule has 0 spiro atoms. The van der Waals surface area contributed by atoms with Crippen LogP contribution in [0.5, 0.6) is 0 Å². The quantitative estimate of drug-likeness (QED) is 0.278. The molecule has 1 aliphatic heterocycles. The van der Waals surface area contributed by atoms with Crippen molar-refractivity contribution in [3.8, 4) is 0 Å². The highest BCUT2D eigenvalue weighted by Crippen LogP contribution is 2.70. The van der Waals surface area contributed by atoms with Gasteiger partial charge in [0.25, 0.3) is 0 Å². The van der Waals surface area contributed by atoms with Crippen LogP contribution in [-0.4, -0.2) is 46.2 Å². The maximum absolute atomic E-state index is 16.3. The summed E-state index contributed by atoms with van der Waals surface area (Å²) in [4.78, 5) is 26.5. The molecule has 0 unspecified atom stereocenters. The number of carbonyl (C=O) groups is 2.